The Balaban J connectivity index is 1.51. The molecule has 3 nitrogen and oxygen atoms in total. The van der Waals surface area contributed by atoms with Gasteiger partial charge in [0.05, 0.1) is 11.3 Å². The lowest BCUT2D eigenvalue weighted by molar-refractivity contribution is 0.584. The van der Waals surface area contributed by atoms with E-state index in [0.29, 0.717) is 17.7 Å². The first kappa shape index (κ1) is 28.6. The molecule has 5 aromatic carbocycles. The highest BCUT2D eigenvalue weighted by Gasteiger charge is 2.22. The number of rotatable bonds is 6. The van der Waals surface area contributed by atoms with E-state index in [-0.39, 0.29) is 5.41 Å². The van der Waals surface area contributed by atoms with Crippen molar-refractivity contribution in [2.24, 2.45) is 4.99 Å². The zero-order valence-electron chi connectivity index (χ0n) is 26.3. The summed E-state index contributed by atoms with van der Waals surface area (Å²) in [5.74, 6) is 1.44. The van der Waals surface area contributed by atoms with Gasteiger partial charge in [-0.05, 0) is 74.5 Å². The highest BCUT2D eigenvalue weighted by atomic mass is 16.3. The standard InChI is InChI=1S/C40H40N2O/c1-25(2)29-19-30(26(3)4)21-31(20-29)35-22-32(40(5,6)7)23-37-38(35)42-39(43-37)34-17-10-11-18-36(34)41-24-28-15-12-14-27-13-8-9-16-33(27)28/h8-26H,1-7H3. The Bertz CT molecular complexity index is 1940. The summed E-state index contributed by atoms with van der Waals surface area (Å²) in [7, 11) is 0. The van der Waals surface area contributed by atoms with Crippen molar-refractivity contribution in [1.29, 1.82) is 0 Å². The van der Waals surface area contributed by atoms with Crippen LogP contribution in [0, 0.1) is 0 Å². The monoisotopic (exact) mass is 564 g/mol. The van der Waals surface area contributed by atoms with Crippen molar-refractivity contribution in [3.8, 4) is 22.6 Å². The summed E-state index contributed by atoms with van der Waals surface area (Å²) in [5, 5.41) is 2.37. The van der Waals surface area contributed by atoms with Crippen LogP contribution in [0.25, 0.3) is 44.5 Å². The minimum absolute atomic E-state index is 0.0485. The molecule has 0 aliphatic rings. The maximum absolute atomic E-state index is 6.59. The number of benzene rings is 5. The Morgan fingerprint density at radius 3 is 2.12 bits per heavy atom. The summed E-state index contributed by atoms with van der Waals surface area (Å²) in [6.07, 6.45) is 1.94. The average molecular weight is 565 g/mol. The third kappa shape index (κ3) is 5.77. The van der Waals surface area contributed by atoms with Crippen LogP contribution in [-0.2, 0) is 5.41 Å². The van der Waals surface area contributed by atoms with E-state index in [1.54, 1.807) is 0 Å². The summed E-state index contributed by atoms with van der Waals surface area (Å²) in [6.45, 7) is 15.8. The quantitative estimate of drug-likeness (QED) is 0.189. The first-order valence-electron chi connectivity index (χ1n) is 15.3. The molecular weight excluding hydrogens is 524 g/mol. The van der Waals surface area contributed by atoms with Crippen molar-refractivity contribution in [3.05, 3.63) is 119 Å². The van der Waals surface area contributed by atoms with E-state index in [4.69, 9.17) is 14.4 Å². The van der Waals surface area contributed by atoms with Crippen LogP contribution in [0.2, 0.25) is 0 Å². The van der Waals surface area contributed by atoms with Gasteiger partial charge in [-0.1, -0.05) is 121 Å². The second-order valence-electron chi connectivity index (χ2n) is 13.2. The van der Waals surface area contributed by atoms with E-state index < -0.39 is 0 Å². The van der Waals surface area contributed by atoms with E-state index >= 15 is 0 Å². The van der Waals surface area contributed by atoms with Crippen molar-refractivity contribution < 1.29 is 4.42 Å². The topological polar surface area (TPSA) is 38.4 Å². The molecule has 0 saturated heterocycles. The summed E-state index contributed by atoms with van der Waals surface area (Å²) >= 11 is 0. The lowest BCUT2D eigenvalue weighted by atomic mass is 9.84. The smallest absolute Gasteiger partial charge is 0.229 e. The maximum atomic E-state index is 6.59. The molecule has 0 aliphatic heterocycles. The van der Waals surface area contributed by atoms with Gasteiger partial charge in [0.1, 0.15) is 5.52 Å². The fourth-order valence-corrected chi connectivity index (χ4v) is 5.57. The Morgan fingerprint density at radius 2 is 1.40 bits per heavy atom. The molecule has 0 spiro atoms. The molecule has 1 heterocycles. The van der Waals surface area contributed by atoms with Gasteiger partial charge >= 0.3 is 0 Å². The zero-order valence-corrected chi connectivity index (χ0v) is 26.3. The van der Waals surface area contributed by atoms with Crippen LogP contribution in [0.15, 0.2) is 106 Å². The first-order valence-corrected chi connectivity index (χ1v) is 15.3. The van der Waals surface area contributed by atoms with Crippen LogP contribution < -0.4 is 0 Å². The van der Waals surface area contributed by atoms with Gasteiger partial charge in [0.2, 0.25) is 5.89 Å². The highest BCUT2D eigenvalue weighted by molar-refractivity contribution is 6.01. The molecule has 0 N–H and O–H groups in total. The van der Waals surface area contributed by atoms with Crippen LogP contribution in [0.5, 0.6) is 0 Å². The van der Waals surface area contributed by atoms with Gasteiger partial charge in [0.25, 0.3) is 0 Å². The number of nitrogens with zero attached hydrogens (tertiary/aromatic N) is 2. The number of hydrogen-bond acceptors (Lipinski definition) is 3. The van der Waals surface area contributed by atoms with E-state index in [2.05, 4.69) is 121 Å². The van der Waals surface area contributed by atoms with Crippen LogP contribution in [0.1, 0.15) is 82.6 Å². The molecule has 1 aromatic heterocycles. The lowest BCUT2D eigenvalue weighted by Crippen LogP contribution is -2.11. The van der Waals surface area contributed by atoms with E-state index in [0.717, 1.165) is 33.5 Å². The van der Waals surface area contributed by atoms with Crippen LogP contribution >= 0.6 is 0 Å². The predicted octanol–water partition coefficient (Wildman–Crippen LogP) is 11.6. The average Bonchev–Trinajstić information content (AvgIpc) is 3.43. The Hall–Kier alpha value is -4.50. The summed E-state index contributed by atoms with van der Waals surface area (Å²) < 4.78 is 6.59. The van der Waals surface area contributed by atoms with Crippen LogP contribution in [0.3, 0.4) is 0 Å². The minimum atomic E-state index is -0.0485. The number of aromatic nitrogens is 1. The number of fused-ring (bicyclic) bond motifs is 2. The Morgan fingerprint density at radius 1 is 0.721 bits per heavy atom. The number of para-hydroxylation sites is 1. The minimum Gasteiger partial charge on any atom is -0.436 e. The van der Waals surface area contributed by atoms with Crippen molar-refractivity contribution >= 4 is 33.8 Å². The van der Waals surface area contributed by atoms with Crippen molar-refractivity contribution in [3.63, 3.8) is 0 Å². The third-order valence-electron chi connectivity index (χ3n) is 8.28. The van der Waals surface area contributed by atoms with Gasteiger partial charge < -0.3 is 4.42 Å². The van der Waals surface area contributed by atoms with Gasteiger partial charge in [-0.2, -0.15) is 0 Å². The van der Waals surface area contributed by atoms with Crippen molar-refractivity contribution in [2.75, 3.05) is 0 Å². The molecule has 0 unspecified atom stereocenters. The van der Waals surface area contributed by atoms with Crippen molar-refractivity contribution in [1.82, 2.24) is 4.98 Å². The molecule has 0 saturated carbocycles. The lowest BCUT2D eigenvalue weighted by Gasteiger charge is -2.21. The number of hydrogen-bond donors (Lipinski definition) is 0. The largest absolute Gasteiger partial charge is 0.436 e. The van der Waals surface area contributed by atoms with Gasteiger partial charge in [-0.25, -0.2) is 4.98 Å². The molecule has 6 rings (SSSR count). The second-order valence-corrected chi connectivity index (χ2v) is 13.2. The molecular formula is C40H40N2O. The maximum Gasteiger partial charge on any atom is 0.229 e. The molecule has 6 aromatic rings. The summed E-state index contributed by atoms with van der Waals surface area (Å²) in [6, 6.07) is 34.3. The van der Waals surface area contributed by atoms with Crippen LogP contribution in [-0.4, -0.2) is 11.2 Å². The molecule has 0 atom stereocenters. The first-order chi connectivity index (χ1) is 20.6. The highest BCUT2D eigenvalue weighted by Crippen LogP contribution is 2.40. The molecule has 216 valence electrons. The van der Waals surface area contributed by atoms with Gasteiger partial charge in [0.15, 0.2) is 5.58 Å². The SMILES string of the molecule is CC(C)c1cc(-c2cc(C(C)(C)C)cc3oc(-c4ccccc4N=Cc4cccc5ccccc45)nc23)cc(C(C)C)c1. The van der Waals surface area contributed by atoms with E-state index in [9.17, 15) is 0 Å². The molecule has 0 amide bonds. The number of aliphatic imine (C=N–C) groups is 1. The van der Waals surface area contributed by atoms with Crippen molar-refractivity contribution in [2.45, 2.75) is 65.7 Å². The van der Waals surface area contributed by atoms with E-state index in [1.807, 2.05) is 30.5 Å². The van der Waals surface area contributed by atoms with Gasteiger partial charge in [-0.3, -0.25) is 4.99 Å². The van der Waals surface area contributed by atoms with Gasteiger partial charge in [0, 0.05) is 17.3 Å². The molecule has 0 aliphatic carbocycles. The van der Waals surface area contributed by atoms with E-state index in [1.165, 1.54) is 33.0 Å². The number of oxazole rings is 1. The molecule has 0 fully saturated rings. The zero-order chi connectivity index (χ0) is 30.3. The fourth-order valence-electron chi connectivity index (χ4n) is 5.57. The van der Waals surface area contributed by atoms with Crippen LogP contribution in [0.4, 0.5) is 5.69 Å². The third-order valence-corrected chi connectivity index (χ3v) is 8.28. The molecule has 0 radical (unpaired) electrons. The predicted molar refractivity (Wildman–Crippen MR) is 183 cm³/mol. The Kier molecular flexibility index (Phi) is 7.52. The molecule has 43 heavy (non-hydrogen) atoms. The summed E-state index contributed by atoms with van der Waals surface area (Å²) in [5.41, 5.74) is 10.6. The second kappa shape index (κ2) is 11.3. The molecule has 3 heteroatoms. The summed E-state index contributed by atoms with van der Waals surface area (Å²) in [4.78, 5) is 10.1. The Labute approximate surface area is 255 Å². The van der Waals surface area contributed by atoms with Gasteiger partial charge in [-0.15, -0.1) is 0 Å². The normalized spacial score (nSPS) is 12.4. The molecule has 0 bridgehead atoms. The fraction of sp³-hybridized carbons (Fsp3) is 0.250.